The lowest BCUT2D eigenvalue weighted by molar-refractivity contribution is 0.226. The van der Waals surface area contributed by atoms with E-state index in [1.807, 2.05) is 6.92 Å². The van der Waals surface area contributed by atoms with E-state index in [1.165, 1.54) is 62.9 Å². The SMILES string of the molecule is C[C@@H](N)c1ccc(N2CCC3(CCCC3)CC2)cc1. The molecule has 1 aliphatic heterocycles. The van der Waals surface area contributed by atoms with Gasteiger partial charge in [-0.25, -0.2) is 0 Å². The van der Waals surface area contributed by atoms with E-state index in [2.05, 4.69) is 29.2 Å². The molecule has 1 aromatic rings. The minimum absolute atomic E-state index is 0.136. The predicted octanol–water partition coefficient (Wildman–Crippen LogP) is 3.87. The van der Waals surface area contributed by atoms with Crippen molar-refractivity contribution in [3.05, 3.63) is 29.8 Å². The molecule has 2 nitrogen and oxygen atoms in total. The maximum absolute atomic E-state index is 5.91. The Bertz CT molecular complexity index is 405. The molecule has 0 radical (unpaired) electrons. The van der Waals surface area contributed by atoms with E-state index in [1.54, 1.807) is 0 Å². The molecule has 0 amide bonds. The lowest BCUT2D eigenvalue weighted by atomic mass is 9.77. The summed E-state index contributed by atoms with van der Waals surface area (Å²) in [5, 5.41) is 0. The molecular formula is C17H26N2. The van der Waals surface area contributed by atoms with Crippen molar-refractivity contribution in [1.29, 1.82) is 0 Å². The first-order valence-electron chi connectivity index (χ1n) is 7.79. The molecule has 0 aromatic heterocycles. The molecule has 2 N–H and O–H groups in total. The van der Waals surface area contributed by atoms with E-state index in [0.29, 0.717) is 5.41 Å². The van der Waals surface area contributed by atoms with E-state index in [9.17, 15) is 0 Å². The Morgan fingerprint density at radius 2 is 1.58 bits per heavy atom. The largest absolute Gasteiger partial charge is 0.371 e. The molecule has 1 aromatic carbocycles. The zero-order valence-electron chi connectivity index (χ0n) is 12.1. The third kappa shape index (κ3) is 2.64. The summed E-state index contributed by atoms with van der Waals surface area (Å²) in [6.07, 6.45) is 8.66. The van der Waals surface area contributed by atoms with Gasteiger partial charge in [0.1, 0.15) is 0 Å². The summed E-state index contributed by atoms with van der Waals surface area (Å²) in [6.45, 7) is 4.51. The predicted molar refractivity (Wildman–Crippen MR) is 81.4 cm³/mol. The summed E-state index contributed by atoms with van der Waals surface area (Å²) in [7, 11) is 0. The molecule has 2 fully saturated rings. The Balaban J connectivity index is 1.64. The van der Waals surface area contributed by atoms with Gasteiger partial charge in [-0.1, -0.05) is 25.0 Å². The minimum atomic E-state index is 0.136. The normalized spacial score (nSPS) is 23.8. The van der Waals surface area contributed by atoms with Crippen molar-refractivity contribution in [2.24, 2.45) is 11.1 Å². The van der Waals surface area contributed by atoms with Crippen LogP contribution < -0.4 is 10.6 Å². The minimum Gasteiger partial charge on any atom is -0.371 e. The Hall–Kier alpha value is -1.02. The molecule has 1 atom stereocenters. The lowest BCUT2D eigenvalue weighted by Crippen LogP contribution is -2.38. The van der Waals surface area contributed by atoms with Gasteiger partial charge in [-0.3, -0.25) is 0 Å². The Kier molecular flexibility index (Phi) is 3.53. The van der Waals surface area contributed by atoms with Crippen molar-refractivity contribution in [2.45, 2.75) is 51.5 Å². The van der Waals surface area contributed by atoms with E-state index < -0.39 is 0 Å². The Morgan fingerprint density at radius 3 is 2.11 bits per heavy atom. The zero-order chi connectivity index (χ0) is 13.3. The number of anilines is 1. The first-order chi connectivity index (χ1) is 9.19. The van der Waals surface area contributed by atoms with Crippen molar-refractivity contribution in [3.63, 3.8) is 0 Å². The second-order valence-electron chi connectivity index (χ2n) is 6.57. The summed E-state index contributed by atoms with van der Waals surface area (Å²) in [5.74, 6) is 0. The number of benzene rings is 1. The summed E-state index contributed by atoms with van der Waals surface area (Å²) in [4.78, 5) is 2.55. The first-order valence-corrected chi connectivity index (χ1v) is 7.79. The lowest BCUT2D eigenvalue weighted by Gasteiger charge is -2.40. The quantitative estimate of drug-likeness (QED) is 0.872. The highest BCUT2D eigenvalue weighted by molar-refractivity contribution is 5.48. The molecule has 3 rings (SSSR count). The smallest absolute Gasteiger partial charge is 0.0366 e. The van der Waals surface area contributed by atoms with Gasteiger partial charge in [0.15, 0.2) is 0 Å². The molecule has 104 valence electrons. The van der Waals surface area contributed by atoms with Gasteiger partial charge in [-0.05, 0) is 55.7 Å². The van der Waals surface area contributed by atoms with Crippen molar-refractivity contribution >= 4 is 5.69 Å². The van der Waals surface area contributed by atoms with E-state index in [4.69, 9.17) is 5.73 Å². The van der Waals surface area contributed by atoms with Gasteiger partial charge >= 0.3 is 0 Å². The fourth-order valence-corrected chi connectivity index (χ4v) is 3.85. The van der Waals surface area contributed by atoms with Crippen molar-refractivity contribution in [1.82, 2.24) is 0 Å². The van der Waals surface area contributed by atoms with Gasteiger partial charge in [-0.2, -0.15) is 0 Å². The highest BCUT2D eigenvalue weighted by Gasteiger charge is 2.36. The fourth-order valence-electron chi connectivity index (χ4n) is 3.85. The van der Waals surface area contributed by atoms with Crippen LogP contribution in [0, 0.1) is 5.41 Å². The van der Waals surface area contributed by atoms with Crippen molar-refractivity contribution in [3.8, 4) is 0 Å². The monoisotopic (exact) mass is 258 g/mol. The summed E-state index contributed by atoms with van der Waals surface area (Å²) in [6, 6.07) is 8.98. The van der Waals surface area contributed by atoms with Crippen molar-refractivity contribution < 1.29 is 0 Å². The second kappa shape index (κ2) is 5.16. The van der Waals surface area contributed by atoms with Crippen LogP contribution in [0.15, 0.2) is 24.3 Å². The zero-order valence-corrected chi connectivity index (χ0v) is 12.1. The average Bonchev–Trinajstić information content (AvgIpc) is 2.88. The van der Waals surface area contributed by atoms with Crippen LogP contribution in [-0.4, -0.2) is 13.1 Å². The van der Waals surface area contributed by atoms with Gasteiger partial charge in [0, 0.05) is 24.8 Å². The van der Waals surface area contributed by atoms with E-state index >= 15 is 0 Å². The number of nitrogens with zero attached hydrogens (tertiary/aromatic N) is 1. The topological polar surface area (TPSA) is 29.3 Å². The highest BCUT2D eigenvalue weighted by Crippen LogP contribution is 2.46. The second-order valence-corrected chi connectivity index (χ2v) is 6.57. The van der Waals surface area contributed by atoms with Gasteiger partial charge in [-0.15, -0.1) is 0 Å². The number of rotatable bonds is 2. The standard InChI is InChI=1S/C17H26N2/c1-14(18)15-4-6-16(7-5-15)19-12-10-17(11-13-19)8-2-3-9-17/h4-7,14H,2-3,8-13,18H2,1H3/t14-/m1/s1. The van der Waals surface area contributed by atoms with Gasteiger partial charge in [0.25, 0.3) is 0 Å². The van der Waals surface area contributed by atoms with E-state index in [0.717, 1.165) is 0 Å². The molecule has 0 bridgehead atoms. The van der Waals surface area contributed by atoms with Crippen LogP contribution in [0.5, 0.6) is 0 Å². The average molecular weight is 258 g/mol. The molecule has 1 spiro atoms. The van der Waals surface area contributed by atoms with Crippen LogP contribution >= 0.6 is 0 Å². The molecule has 2 heteroatoms. The molecule has 2 aliphatic rings. The van der Waals surface area contributed by atoms with Gasteiger partial charge in [0.2, 0.25) is 0 Å². The van der Waals surface area contributed by atoms with Gasteiger partial charge < -0.3 is 10.6 Å². The maximum Gasteiger partial charge on any atom is 0.0366 e. The maximum atomic E-state index is 5.91. The van der Waals surface area contributed by atoms with E-state index in [-0.39, 0.29) is 6.04 Å². The third-order valence-electron chi connectivity index (χ3n) is 5.27. The van der Waals surface area contributed by atoms with Gasteiger partial charge in [0.05, 0.1) is 0 Å². The molecular weight excluding hydrogens is 232 g/mol. The molecule has 0 unspecified atom stereocenters. The fraction of sp³-hybridized carbons (Fsp3) is 0.647. The molecule has 19 heavy (non-hydrogen) atoms. The Labute approximate surface area is 117 Å². The molecule has 1 heterocycles. The summed E-state index contributed by atoms with van der Waals surface area (Å²) >= 11 is 0. The third-order valence-corrected chi connectivity index (χ3v) is 5.27. The summed E-state index contributed by atoms with van der Waals surface area (Å²) in [5.41, 5.74) is 9.22. The van der Waals surface area contributed by atoms with Crippen LogP contribution in [0.1, 0.15) is 57.1 Å². The summed E-state index contributed by atoms with van der Waals surface area (Å²) < 4.78 is 0. The Morgan fingerprint density at radius 1 is 1.00 bits per heavy atom. The molecule has 1 aliphatic carbocycles. The molecule has 1 saturated heterocycles. The van der Waals surface area contributed by atoms with Crippen LogP contribution in [0.4, 0.5) is 5.69 Å². The van der Waals surface area contributed by atoms with Crippen LogP contribution in [0.2, 0.25) is 0 Å². The van der Waals surface area contributed by atoms with Crippen molar-refractivity contribution in [2.75, 3.05) is 18.0 Å². The number of hydrogen-bond acceptors (Lipinski definition) is 2. The highest BCUT2D eigenvalue weighted by atomic mass is 15.1. The molecule has 1 saturated carbocycles. The van der Waals surface area contributed by atoms with Crippen LogP contribution in [0.25, 0.3) is 0 Å². The van der Waals surface area contributed by atoms with Crippen LogP contribution in [0.3, 0.4) is 0 Å². The number of nitrogens with two attached hydrogens (primary N) is 1. The number of piperidine rings is 1. The number of hydrogen-bond donors (Lipinski definition) is 1. The van der Waals surface area contributed by atoms with Crippen LogP contribution in [-0.2, 0) is 0 Å². The first kappa shape index (κ1) is 13.0.